The molecule has 0 aliphatic rings. The second kappa shape index (κ2) is 7.66. The first-order valence-electron chi connectivity index (χ1n) is 7.14. The van der Waals surface area contributed by atoms with Crippen molar-refractivity contribution in [2.75, 3.05) is 0 Å². The molecule has 116 valence electrons. The smallest absolute Gasteiger partial charge is 0.343 e. The van der Waals surface area contributed by atoms with Crippen LogP contribution >= 0.6 is 0 Å². The summed E-state index contributed by atoms with van der Waals surface area (Å²) in [6.07, 6.45) is 8.64. The summed E-state index contributed by atoms with van der Waals surface area (Å²) >= 11 is 0. The van der Waals surface area contributed by atoms with E-state index in [1.165, 1.54) is 21.5 Å². The van der Waals surface area contributed by atoms with Crippen molar-refractivity contribution in [3.05, 3.63) is 85.5 Å². The van der Waals surface area contributed by atoms with Crippen molar-refractivity contribution < 1.29 is 43.1 Å². The summed E-state index contributed by atoms with van der Waals surface area (Å²) in [5, 5.41) is 5.08. The van der Waals surface area contributed by atoms with Gasteiger partial charge in [0, 0.05) is 22.9 Å². The zero-order valence-electron chi connectivity index (χ0n) is 12.4. The van der Waals surface area contributed by atoms with Crippen LogP contribution in [0.15, 0.2) is 85.5 Å². The number of aromatic nitrogens is 2. The molecule has 0 radical (unpaired) electrons. The average Bonchev–Trinajstić information content (AvgIpc) is 2.55. The quantitative estimate of drug-likeness (QED) is 0.300. The fraction of sp³-hybridized carbons (Fsp3) is 0.0526. The summed E-state index contributed by atoms with van der Waals surface area (Å²) in [4.78, 5) is 0. The molecular formula is C19H16Br2N2. The molecule has 0 N–H and O–H groups in total. The lowest BCUT2D eigenvalue weighted by molar-refractivity contribution is -0.912. The number of benzene rings is 2. The van der Waals surface area contributed by atoms with E-state index in [1.807, 2.05) is 0 Å². The van der Waals surface area contributed by atoms with Gasteiger partial charge in [0.2, 0.25) is 0 Å². The molecule has 4 rings (SSSR count). The highest BCUT2D eigenvalue weighted by atomic mass is 79.9. The predicted octanol–water partition coefficient (Wildman–Crippen LogP) is -2.92. The Balaban J connectivity index is 0.000000960. The zero-order valence-corrected chi connectivity index (χ0v) is 15.6. The third-order valence-electron chi connectivity index (χ3n) is 3.82. The van der Waals surface area contributed by atoms with Crippen molar-refractivity contribution in [1.82, 2.24) is 0 Å². The molecule has 0 unspecified atom stereocenters. The summed E-state index contributed by atoms with van der Waals surface area (Å²) in [6.45, 7) is 0.815. The van der Waals surface area contributed by atoms with E-state index in [9.17, 15) is 0 Å². The second-order valence-corrected chi connectivity index (χ2v) is 5.32. The van der Waals surface area contributed by atoms with Gasteiger partial charge < -0.3 is 34.0 Å². The topological polar surface area (TPSA) is 7.76 Å². The SMILES string of the molecule is [Br-].[Br-].c1ccc2c[n+](C[n+]3ccc4ccccc4c3)ccc2c1. The monoisotopic (exact) mass is 430 g/mol. The third-order valence-corrected chi connectivity index (χ3v) is 3.82. The van der Waals surface area contributed by atoms with E-state index in [2.05, 4.69) is 94.6 Å². The van der Waals surface area contributed by atoms with Crippen LogP contribution in [-0.4, -0.2) is 0 Å². The standard InChI is InChI=1S/C19H16N2.2BrH/c1-3-7-18-13-20(11-9-16(18)5-1)15-21-12-10-17-6-2-4-8-19(17)14-21;;/h1-14H,15H2;2*1H/q+2;;/p-2. The van der Waals surface area contributed by atoms with Crippen LogP contribution in [0.2, 0.25) is 0 Å². The van der Waals surface area contributed by atoms with Crippen molar-refractivity contribution in [3.63, 3.8) is 0 Å². The van der Waals surface area contributed by atoms with Crippen LogP contribution in [0, 0.1) is 0 Å². The Morgan fingerprint density at radius 2 is 0.913 bits per heavy atom. The molecule has 0 aliphatic heterocycles. The van der Waals surface area contributed by atoms with Crippen LogP contribution in [0.1, 0.15) is 0 Å². The highest BCUT2D eigenvalue weighted by molar-refractivity contribution is 5.81. The largest absolute Gasteiger partial charge is 1.00 e. The van der Waals surface area contributed by atoms with Crippen molar-refractivity contribution >= 4 is 21.5 Å². The molecule has 0 bridgehead atoms. The van der Waals surface area contributed by atoms with Crippen molar-refractivity contribution in [2.24, 2.45) is 0 Å². The van der Waals surface area contributed by atoms with Crippen LogP contribution in [0.5, 0.6) is 0 Å². The molecule has 0 atom stereocenters. The van der Waals surface area contributed by atoms with E-state index in [0.29, 0.717) is 0 Å². The first-order valence-corrected chi connectivity index (χ1v) is 7.14. The Hall–Kier alpha value is -1.78. The molecule has 0 fully saturated rings. The third kappa shape index (κ3) is 3.77. The maximum absolute atomic E-state index is 2.21. The van der Waals surface area contributed by atoms with Gasteiger partial charge >= 0.3 is 6.67 Å². The summed E-state index contributed by atoms with van der Waals surface area (Å²) in [5.74, 6) is 0. The molecule has 23 heavy (non-hydrogen) atoms. The zero-order chi connectivity index (χ0) is 14.1. The number of halogens is 2. The minimum absolute atomic E-state index is 0. The molecule has 0 spiro atoms. The Bertz CT molecular complexity index is 861. The number of rotatable bonds is 2. The van der Waals surface area contributed by atoms with Gasteiger partial charge in [0.15, 0.2) is 24.8 Å². The normalized spacial score (nSPS) is 10.1. The highest BCUT2D eigenvalue weighted by Crippen LogP contribution is 2.10. The molecule has 4 heteroatoms. The Morgan fingerprint density at radius 1 is 0.522 bits per heavy atom. The Kier molecular flexibility index (Phi) is 5.85. The van der Waals surface area contributed by atoms with Gasteiger partial charge in [-0.3, -0.25) is 0 Å². The van der Waals surface area contributed by atoms with Crippen molar-refractivity contribution in [2.45, 2.75) is 6.67 Å². The molecule has 0 aliphatic carbocycles. The second-order valence-electron chi connectivity index (χ2n) is 5.32. The van der Waals surface area contributed by atoms with E-state index in [0.717, 1.165) is 6.67 Å². The lowest BCUT2D eigenvalue weighted by Gasteiger charge is -1.98. The Labute approximate surface area is 156 Å². The Morgan fingerprint density at radius 3 is 1.35 bits per heavy atom. The molecule has 2 aromatic heterocycles. The summed E-state index contributed by atoms with van der Waals surface area (Å²) < 4.78 is 4.41. The minimum atomic E-state index is 0. The molecule has 4 aromatic rings. The van der Waals surface area contributed by atoms with Crippen LogP contribution in [-0.2, 0) is 6.67 Å². The fourth-order valence-electron chi connectivity index (χ4n) is 2.72. The number of pyridine rings is 2. The first kappa shape index (κ1) is 17.6. The first-order chi connectivity index (χ1) is 10.4. The molecular weight excluding hydrogens is 416 g/mol. The van der Waals surface area contributed by atoms with Gasteiger partial charge in [0.25, 0.3) is 0 Å². The summed E-state index contributed by atoms with van der Waals surface area (Å²) in [7, 11) is 0. The molecule has 0 saturated heterocycles. The van der Waals surface area contributed by atoms with E-state index < -0.39 is 0 Å². The lowest BCUT2D eigenvalue weighted by atomic mass is 10.2. The van der Waals surface area contributed by atoms with E-state index in [1.54, 1.807) is 0 Å². The summed E-state index contributed by atoms with van der Waals surface area (Å²) in [5.41, 5.74) is 0. The fourth-order valence-corrected chi connectivity index (χ4v) is 2.72. The van der Waals surface area contributed by atoms with E-state index >= 15 is 0 Å². The molecule has 2 nitrogen and oxygen atoms in total. The number of nitrogens with zero attached hydrogens (tertiary/aromatic N) is 2. The number of hydrogen-bond acceptors (Lipinski definition) is 0. The minimum Gasteiger partial charge on any atom is -1.00 e. The van der Waals surface area contributed by atoms with Crippen LogP contribution in [0.3, 0.4) is 0 Å². The van der Waals surface area contributed by atoms with Gasteiger partial charge in [-0.05, 0) is 22.9 Å². The maximum atomic E-state index is 2.21. The molecule has 0 amide bonds. The van der Waals surface area contributed by atoms with Crippen LogP contribution < -0.4 is 43.1 Å². The predicted molar refractivity (Wildman–Crippen MR) is 83.7 cm³/mol. The van der Waals surface area contributed by atoms with E-state index in [4.69, 9.17) is 0 Å². The maximum Gasteiger partial charge on any atom is 0.343 e. The van der Waals surface area contributed by atoms with Gasteiger partial charge in [-0.25, -0.2) is 0 Å². The number of fused-ring (bicyclic) bond motifs is 2. The van der Waals surface area contributed by atoms with Gasteiger partial charge in [-0.2, -0.15) is 0 Å². The number of hydrogen-bond donors (Lipinski definition) is 0. The molecule has 2 aromatic carbocycles. The van der Waals surface area contributed by atoms with Gasteiger partial charge in [0.05, 0.1) is 0 Å². The van der Waals surface area contributed by atoms with Gasteiger partial charge in [-0.15, -0.1) is 9.13 Å². The van der Waals surface area contributed by atoms with Crippen molar-refractivity contribution in [3.8, 4) is 0 Å². The van der Waals surface area contributed by atoms with Crippen LogP contribution in [0.25, 0.3) is 21.5 Å². The highest BCUT2D eigenvalue weighted by Gasteiger charge is 2.09. The molecule has 2 heterocycles. The average molecular weight is 432 g/mol. The molecule has 0 saturated carbocycles. The summed E-state index contributed by atoms with van der Waals surface area (Å²) in [6, 6.07) is 21.2. The van der Waals surface area contributed by atoms with Crippen molar-refractivity contribution in [1.29, 1.82) is 0 Å². The van der Waals surface area contributed by atoms with Gasteiger partial charge in [0.1, 0.15) is 0 Å². The van der Waals surface area contributed by atoms with Gasteiger partial charge in [-0.1, -0.05) is 36.4 Å². The van der Waals surface area contributed by atoms with E-state index in [-0.39, 0.29) is 34.0 Å². The lowest BCUT2D eigenvalue weighted by Crippen LogP contribution is -3.00. The van der Waals surface area contributed by atoms with Crippen LogP contribution in [0.4, 0.5) is 0 Å².